The Kier molecular flexibility index (Phi) is 9.65. The van der Waals surface area contributed by atoms with Gasteiger partial charge in [0.05, 0.1) is 0 Å². The number of amides is 1. The molecule has 2 fully saturated rings. The van der Waals surface area contributed by atoms with Crippen molar-refractivity contribution in [2.75, 3.05) is 38.2 Å². The van der Waals surface area contributed by atoms with Crippen LogP contribution < -0.4 is 25.6 Å². The molecule has 1 unspecified atom stereocenters. The van der Waals surface area contributed by atoms with Crippen LogP contribution in [0.3, 0.4) is 0 Å². The maximum absolute atomic E-state index is 11.7. The van der Waals surface area contributed by atoms with E-state index in [0.29, 0.717) is 17.8 Å². The maximum Gasteiger partial charge on any atom is 0.258 e. The van der Waals surface area contributed by atoms with Gasteiger partial charge < -0.3 is 25.6 Å². The zero-order valence-electron chi connectivity index (χ0n) is 19.1. The van der Waals surface area contributed by atoms with Crippen molar-refractivity contribution in [3.05, 3.63) is 60.2 Å². The number of benzene rings is 2. The third kappa shape index (κ3) is 8.10. The Balaban J connectivity index is 0.00000306. The standard InChI is InChI=1S/C25H33N5O2.HI/c1-26-25(29-21-14-16-30(17-21)22-5-3-2-4-6-22)27-15-13-19-7-11-23(12-8-19)32-18-24(31)28-20-9-10-20;/h2-8,11-12,20-21H,9-10,13-18H2,1H3,(H,28,31)(H2,26,27,29);1H. The van der Waals surface area contributed by atoms with Crippen LogP contribution in [0.4, 0.5) is 5.69 Å². The molecule has 3 N–H and O–H groups in total. The highest BCUT2D eigenvalue weighted by atomic mass is 127. The number of carbonyl (C=O) groups is 1. The summed E-state index contributed by atoms with van der Waals surface area (Å²) in [6.45, 7) is 2.89. The first-order valence-electron chi connectivity index (χ1n) is 11.5. The summed E-state index contributed by atoms with van der Waals surface area (Å²) in [7, 11) is 1.81. The number of hydrogen-bond donors (Lipinski definition) is 3. The molecule has 1 saturated carbocycles. The number of rotatable bonds is 9. The summed E-state index contributed by atoms with van der Waals surface area (Å²) >= 11 is 0. The molecule has 2 aliphatic rings. The molecule has 8 heteroatoms. The van der Waals surface area contributed by atoms with Crippen molar-refractivity contribution in [2.24, 2.45) is 4.99 Å². The summed E-state index contributed by atoms with van der Waals surface area (Å²) in [6, 6.07) is 19.2. The Morgan fingerprint density at radius 2 is 1.79 bits per heavy atom. The van der Waals surface area contributed by atoms with Gasteiger partial charge >= 0.3 is 0 Å². The number of guanidine groups is 1. The number of nitrogens with zero attached hydrogens (tertiary/aromatic N) is 2. The largest absolute Gasteiger partial charge is 0.484 e. The minimum atomic E-state index is -0.0474. The van der Waals surface area contributed by atoms with Crippen LogP contribution in [0.5, 0.6) is 5.75 Å². The van der Waals surface area contributed by atoms with E-state index in [9.17, 15) is 4.79 Å². The third-order valence-electron chi connectivity index (χ3n) is 5.82. The molecule has 0 spiro atoms. The molecule has 1 amide bonds. The van der Waals surface area contributed by atoms with Crippen LogP contribution in [0.15, 0.2) is 59.6 Å². The number of anilines is 1. The summed E-state index contributed by atoms with van der Waals surface area (Å²) in [5.74, 6) is 1.51. The number of hydrogen-bond acceptors (Lipinski definition) is 4. The van der Waals surface area contributed by atoms with Crippen LogP contribution >= 0.6 is 24.0 Å². The molecule has 0 radical (unpaired) electrons. The molecule has 7 nitrogen and oxygen atoms in total. The third-order valence-corrected chi connectivity index (χ3v) is 5.82. The molecule has 0 aromatic heterocycles. The van der Waals surface area contributed by atoms with Gasteiger partial charge in [-0.05, 0) is 55.5 Å². The highest BCUT2D eigenvalue weighted by Gasteiger charge is 2.24. The van der Waals surface area contributed by atoms with Crippen molar-refractivity contribution < 1.29 is 9.53 Å². The van der Waals surface area contributed by atoms with E-state index >= 15 is 0 Å². The highest BCUT2D eigenvalue weighted by molar-refractivity contribution is 14.0. The molecule has 1 saturated heterocycles. The summed E-state index contributed by atoms with van der Waals surface area (Å²) in [6.07, 6.45) is 4.14. The van der Waals surface area contributed by atoms with Gasteiger partial charge in [-0.2, -0.15) is 0 Å². The van der Waals surface area contributed by atoms with E-state index in [1.165, 1.54) is 11.3 Å². The minimum Gasteiger partial charge on any atom is -0.484 e. The SMILES string of the molecule is CN=C(NCCc1ccc(OCC(=O)NC2CC2)cc1)NC1CCN(c2ccccc2)C1.I. The monoisotopic (exact) mass is 563 g/mol. The lowest BCUT2D eigenvalue weighted by atomic mass is 10.1. The Morgan fingerprint density at radius 1 is 1.03 bits per heavy atom. The van der Waals surface area contributed by atoms with Crippen molar-refractivity contribution >= 4 is 41.5 Å². The molecule has 1 aliphatic heterocycles. The van der Waals surface area contributed by atoms with Crippen molar-refractivity contribution in [1.82, 2.24) is 16.0 Å². The van der Waals surface area contributed by atoms with E-state index in [4.69, 9.17) is 4.74 Å². The first kappa shape index (κ1) is 25.1. The fourth-order valence-electron chi connectivity index (χ4n) is 3.86. The maximum atomic E-state index is 11.7. The lowest BCUT2D eigenvalue weighted by molar-refractivity contribution is -0.123. The van der Waals surface area contributed by atoms with Crippen LogP contribution in [-0.4, -0.2) is 57.2 Å². The smallest absolute Gasteiger partial charge is 0.258 e. The Morgan fingerprint density at radius 3 is 2.48 bits per heavy atom. The van der Waals surface area contributed by atoms with Crippen LogP contribution in [0, 0.1) is 0 Å². The molecular formula is C25H34IN5O2. The summed E-state index contributed by atoms with van der Waals surface area (Å²) < 4.78 is 5.57. The second-order valence-corrected chi connectivity index (χ2v) is 8.43. The Labute approximate surface area is 213 Å². The number of para-hydroxylation sites is 1. The van der Waals surface area contributed by atoms with Crippen molar-refractivity contribution in [1.29, 1.82) is 0 Å². The van der Waals surface area contributed by atoms with E-state index in [1.54, 1.807) is 0 Å². The van der Waals surface area contributed by atoms with Crippen LogP contribution in [0.25, 0.3) is 0 Å². The fourth-order valence-corrected chi connectivity index (χ4v) is 3.86. The van der Waals surface area contributed by atoms with E-state index < -0.39 is 0 Å². The van der Waals surface area contributed by atoms with Crippen LogP contribution in [0.1, 0.15) is 24.8 Å². The van der Waals surface area contributed by atoms with Gasteiger partial charge in [-0.1, -0.05) is 30.3 Å². The number of ether oxygens (including phenoxy) is 1. The zero-order valence-corrected chi connectivity index (χ0v) is 21.5. The van der Waals surface area contributed by atoms with Crippen LogP contribution in [-0.2, 0) is 11.2 Å². The first-order chi connectivity index (χ1) is 15.7. The highest BCUT2D eigenvalue weighted by Crippen LogP contribution is 2.20. The quantitative estimate of drug-likeness (QED) is 0.249. The summed E-state index contributed by atoms with van der Waals surface area (Å²) in [5, 5.41) is 9.88. The minimum absolute atomic E-state index is 0. The van der Waals surface area contributed by atoms with Crippen molar-refractivity contribution in [3.63, 3.8) is 0 Å². The lowest BCUT2D eigenvalue weighted by Gasteiger charge is -2.20. The average molecular weight is 563 g/mol. The van der Waals surface area contributed by atoms with Crippen molar-refractivity contribution in [3.8, 4) is 5.75 Å². The molecule has 2 aromatic carbocycles. The van der Waals surface area contributed by atoms with Gasteiger partial charge in [0.15, 0.2) is 12.6 Å². The summed E-state index contributed by atoms with van der Waals surface area (Å²) in [4.78, 5) is 18.5. The zero-order chi connectivity index (χ0) is 22.2. The Bertz CT molecular complexity index is 903. The number of aliphatic imine (C=N–C) groups is 1. The molecule has 0 bridgehead atoms. The average Bonchev–Trinajstić information content (AvgIpc) is 3.52. The lowest BCUT2D eigenvalue weighted by Crippen LogP contribution is -2.45. The second kappa shape index (κ2) is 12.7. The van der Waals surface area contributed by atoms with Crippen molar-refractivity contribution in [2.45, 2.75) is 37.8 Å². The van der Waals surface area contributed by atoms with Gasteiger partial charge in [0.2, 0.25) is 0 Å². The van der Waals surface area contributed by atoms with E-state index in [2.05, 4.69) is 56.2 Å². The summed E-state index contributed by atoms with van der Waals surface area (Å²) in [5.41, 5.74) is 2.48. The van der Waals surface area contributed by atoms with E-state index in [-0.39, 0.29) is 36.5 Å². The molecule has 1 atom stereocenters. The topological polar surface area (TPSA) is 78.0 Å². The molecule has 178 valence electrons. The van der Waals surface area contributed by atoms with Crippen LogP contribution in [0.2, 0.25) is 0 Å². The predicted octanol–water partition coefficient (Wildman–Crippen LogP) is 2.95. The number of nitrogens with one attached hydrogen (secondary N) is 3. The van der Waals surface area contributed by atoms with E-state index in [0.717, 1.165) is 51.3 Å². The van der Waals surface area contributed by atoms with Gasteiger partial charge in [-0.3, -0.25) is 9.79 Å². The molecule has 1 heterocycles. The molecule has 2 aromatic rings. The van der Waals surface area contributed by atoms with Gasteiger partial charge in [0.25, 0.3) is 5.91 Å². The van der Waals surface area contributed by atoms with Gasteiger partial charge in [0, 0.05) is 44.5 Å². The molecule has 1 aliphatic carbocycles. The molecule has 4 rings (SSSR count). The van der Waals surface area contributed by atoms with Gasteiger partial charge in [-0.15, -0.1) is 24.0 Å². The fraction of sp³-hybridized carbons (Fsp3) is 0.440. The normalized spacial score (nSPS) is 17.8. The predicted molar refractivity (Wildman–Crippen MR) is 144 cm³/mol. The Hall–Kier alpha value is -2.49. The van der Waals surface area contributed by atoms with E-state index in [1.807, 2.05) is 31.3 Å². The molecule has 33 heavy (non-hydrogen) atoms. The first-order valence-corrected chi connectivity index (χ1v) is 11.5. The number of carbonyl (C=O) groups excluding carboxylic acids is 1. The van der Waals surface area contributed by atoms with Gasteiger partial charge in [-0.25, -0.2) is 0 Å². The van der Waals surface area contributed by atoms with Gasteiger partial charge in [0.1, 0.15) is 5.75 Å². The molecular weight excluding hydrogens is 529 g/mol. The number of halogens is 1. The second-order valence-electron chi connectivity index (χ2n) is 8.43.